The summed E-state index contributed by atoms with van der Waals surface area (Å²) in [4.78, 5) is 8.83. The number of nitrogens with zero attached hydrogens (tertiary/aromatic N) is 2. The standard InChI is InChI=1S/C22H21N3O2/c1-15-5-4-6-21(23)20(15)12-22-24-13-17(14-25-22)8-7-16-9-18(26-2)11-19(10-16)27-3/h4-6,9-11,13-14H,12,23H2,1-3H3. The van der Waals surface area contributed by atoms with Crippen LogP contribution < -0.4 is 15.2 Å². The van der Waals surface area contributed by atoms with Crippen LogP contribution in [0.25, 0.3) is 0 Å². The van der Waals surface area contributed by atoms with Gasteiger partial charge in [0.2, 0.25) is 0 Å². The number of ether oxygens (including phenoxy) is 2. The Balaban J connectivity index is 1.78. The number of methoxy groups -OCH3 is 2. The quantitative estimate of drug-likeness (QED) is 0.571. The Hall–Kier alpha value is -3.52. The highest BCUT2D eigenvalue weighted by Crippen LogP contribution is 2.22. The first-order valence-electron chi connectivity index (χ1n) is 8.49. The third-order valence-electron chi connectivity index (χ3n) is 4.19. The molecular weight excluding hydrogens is 338 g/mol. The van der Waals surface area contributed by atoms with E-state index in [4.69, 9.17) is 15.2 Å². The van der Waals surface area contributed by atoms with Gasteiger partial charge < -0.3 is 15.2 Å². The summed E-state index contributed by atoms with van der Waals surface area (Å²) in [6.07, 6.45) is 4.04. The third-order valence-corrected chi connectivity index (χ3v) is 4.19. The molecule has 0 fully saturated rings. The zero-order valence-corrected chi connectivity index (χ0v) is 15.6. The molecule has 1 heterocycles. The second kappa shape index (κ2) is 8.24. The number of rotatable bonds is 4. The second-order valence-electron chi connectivity index (χ2n) is 6.06. The van der Waals surface area contributed by atoms with Crippen molar-refractivity contribution in [1.82, 2.24) is 9.97 Å². The first kappa shape index (κ1) is 18.3. The molecule has 0 bridgehead atoms. The van der Waals surface area contributed by atoms with Crippen LogP contribution in [0.15, 0.2) is 48.8 Å². The van der Waals surface area contributed by atoms with Crippen LogP contribution in [0, 0.1) is 18.8 Å². The Morgan fingerprint density at radius 2 is 1.56 bits per heavy atom. The minimum absolute atomic E-state index is 0.597. The predicted molar refractivity (Wildman–Crippen MR) is 106 cm³/mol. The molecule has 0 spiro atoms. The smallest absolute Gasteiger partial charge is 0.132 e. The Morgan fingerprint density at radius 1 is 0.926 bits per heavy atom. The van der Waals surface area contributed by atoms with Gasteiger partial charge in [-0.1, -0.05) is 24.0 Å². The zero-order chi connectivity index (χ0) is 19.2. The van der Waals surface area contributed by atoms with Crippen molar-refractivity contribution >= 4 is 5.69 Å². The number of aromatic nitrogens is 2. The van der Waals surface area contributed by atoms with E-state index in [2.05, 4.69) is 21.8 Å². The van der Waals surface area contributed by atoms with Gasteiger partial charge in [-0.15, -0.1) is 0 Å². The van der Waals surface area contributed by atoms with Crippen molar-refractivity contribution in [2.45, 2.75) is 13.3 Å². The second-order valence-corrected chi connectivity index (χ2v) is 6.06. The Bertz CT molecular complexity index is 960. The summed E-state index contributed by atoms with van der Waals surface area (Å²) < 4.78 is 10.5. The van der Waals surface area contributed by atoms with E-state index in [0.717, 1.165) is 27.9 Å². The molecule has 2 aromatic carbocycles. The predicted octanol–water partition coefficient (Wildman–Crippen LogP) is 3.38. The Kier molecular flexibility index (Phi) is 5.58. The fourth-order valence-corrected chi connectivity index (χ4v) is 2.66. The minimum atomic E-state index is 0.597. The molecule has 136 valence electrons. The van der Waals surface area contributed by atoms with Crippen LogP contribution in [0.3, 0.4) is 0 Å². The van der Waals surface area contributed by atoms with Gasteiger partial charge in [-0.25, -0.2) is 9.97 Å². The summed E-state index contributed by atoms with van der Waals surface area (Å²) in [5.41, 5.74) is 10.5. The van der Waals surface area contributed by atoms with E-state index in [1.54, 1.807) is 32.7 Å². The highest BCUT2D eigenvalue weighted by molar-refractivity contribution is 5.52. The van der Waals surface area contributed by atoms with Crippen LogP contribution in [-0.2, 0) is 6.42 Å². The lowest BCUT2D eigenvalue weighted by molar-refractivity contribution is 0.394. The van der Waals surface area contributed by atoms with Crippen molar-refractivity contribution in [3.05, 3.63) is 76.9 Å². The first-order chi connectivity index (χ1) is 13.1. The summed E-state index contributed by atoms with van der Waals surface area (Å²) in [5, 5.41) is 0. The molecule has 5 heteroatoms. The molecule has 3 aromatic rings. The number of nitrogens with two attached hydrogens (primary N) is 1. The van der Waals surface area contributed by atoms with Gasteiger partial charge in [-0.05, 0) is 36.2 Å². The van der Waals surface area contributed by atoms with E-state index in [0.29, 0.717) is 23.7 Å². The molecule has 2 N–H and O–H groups in total. The molecule has 27 heavy (non-hydrogen) atoms. The lowest BCUT2D eigenvalue weighted by Crippen LogP contribution is -2.02. The van der Waals surface area contributed by atoms with Crippen molar-refractivity contribution in [2.24, 2.45) is 0 Å². The molecule has 0 saturated heterocycles. The van der Waals surface area contributed by atoms with Gasteiger partial charge in [-0.3, -0.25) is 0 Å². The van der Waals surface area contributed by atoms with Gasteiger partial charge in [0, 0.05) is 36.1 Å². The minimum Gasteiger partial charge on any atom is -0.497 e. The summed E-state index contributed by atoms with van der Waals surface area (Å²) in [7, 11) is 3.22. The number of aryl methyl sites for hydroxylation is 1. The molecule has 0 unspecified atom stereocenters. The molecule has 0 atom stereocenters. The van der Waals surface area contributed by atoms with Crippen molar-refractivity contribution < 1.29 is 9.47 Å². The molecule has 0 aliphatic rings. The lowest BCUT2D eigenvalue weighted by Gasteiger charge is -2.08. The van der Waals surface area contributed by atoms with Crippen LogP contribution in [-0.4, -0.2) is 24.2 Å². The topological polar surface area (TPSA) is 70.3 Å². The molecule has 0 aliphatic heterocycles. The molecule has 1 aromatic heterocycles. The van der Waals surface area contributed by atoms with Crippen molar-refractivity contribution in [3.63, 3.8) is 0 Å². The van der Waals surface area contributed by atoms with Gasteiger partial charge >= 0.3 is 0 Å². The summed E-state index contributed by atoms with van der Waals surface area (Å²) in [5.74, 6) is 8.26. The van der Waals surface area contributed by atoms with Crippen LogP contribution in [0.2, 0.25) is 0 Å². The third kappa shape index (κ3) is 4.56. The van der Waals surface area contributed by atoms with E-state index in [-0.39, 0.29) is 0 Å². The normalized spacial score (nSPS) is 10.0. The SMILES string of the molecule is COc1cc(C#Cc2cnc(Cc3c(C)cccc3N)nc2)cc(OC)c1. The largest absolute Gasteiger partial charge is 0.497 e. The zero-order valence-electron chi connectivity index (χ0n) is 15.6. The fraction of sp³-hybridized carbons (Fsp3) is 0.182. The van der Waals surface area contributed by atoms with E-state index < -0.39 is 0 Å². The molecule has 0 saturated carbocycles. The summed E-state index contributed by atoms with van der Waals surface area (Å²) in [6.45, 7) is 2.04. The van der Waals surface area contributed by atoms with E-state index in [1.165, 1.54) is 0 Å². The lowest BCUT2D eigenvalue weighted by atomic mass is 10.0. The average Bonchev–Trinajstić information content (AvgIpc) is 2.70. The molecule has 0 aliphatic carbocycles. The van der Waals surface area contributed by atoms with E-state index >= 15 is 0 Å². The monoisotopic (exact) mass is 359 g/mol. The molecule has 3 rings (SSSR count). The highest BCUT2D eigenvalue weighted by Gasteiger charge is 2.06. The number of anilines is 1. The van der Waals surface area contributed by atoms with Gasteiger partial charge in [-0.2, -0.15) is 0 Å². The van der Waals surface area contributed by atoms with E-state index in [9.17, 15) is 0 Å². The number of benzene rings is 2. The maximum Gasteiger partial charge on any atom is 0.132 e. The maximum atomic E-state index is 6.06. The van der Waals surface area contributed by atoms with Gasteiger partial charge in [0.25, 0.3) is 0 Å². The van der Waals surface area contributed by atoms with Crippen molar-refractivity contribution in [1.29, 1.82) is 0 Å². The van der Waals surface area contributed by atoms with Gasteiger partial charge in [0.05, 0.1) is 19.8 Å². The molecule has 0 radical (unpaired) electrons. The van der Waals surface area contributed by atoms with Crippen LogP contribution in [0.1, 0.15) is 28.1 Å². The Labute approximate surface area is 159 Å². The molecular formula is C22H21N3O2. The van der Waals surface area contributed by atoms with Crippen LogP contribution in [0.5, 0.6) is 11.5 Å². The number of nitrogen functional groups attached to an aromatic ring is 1. The van der Waals surface area contributed by atoms with Gasteiger partial charge in [0.15, 0.2) is 0 Å². The van der Waals surface area contributed by atoms with Crippen molar-refractivity contribution in [2.75, 3.05) is 20.0 Å². The summed E-state index contributed by atoms with van der Waals surface area (Å²) >= 11 is 0. The highest BCUT2D eigenvalue weighted by atomic mass is 16.5. The molecule has 0 amide bonds. The summed E-state index contributed by atoms with van der Waals surface area (Å²) in [6, 6.07) is 11.4. The van der Waals surface area contributed by atoms with Crippen LogP contribution >= 0.6 is 0 Å². The van der Waals surface area contributed by atoms with Gasteiger partial charge in [0.1, 0.15) is 17.3 Å². The van der Waals surface area contributed by atoms with Crippen LogP contribution in [0.4, 0.5) is 5.69 Å². The number of hydrogen-bond donors (Lipinski definition) is 1. The molecule has 5 nitrogen and oxygen atoms in total. The maximum absolute atomic E-state index is 6.06. The fourth-order valence-electron chi connectivity index (χ4n) is 2.66. The van der Waals surface area contributed by atoms with Crippen molar-refractivity contribution in [3.8, 4) is 23.3 Å². The first-order valence-corrected chi connectivity index (χ1v) is 8.49. The average molecular weight is 359 g/mol. The Morgan fingerprint density at radius 3 is 2.15 bits per heavy atom. The number of hydrogen-bond acceptors (Lipinski definition) is 5. The van der Waals surface area contributed by atoms with E-state index in [1.807, 2.05) is 37.3 Å².